The Labute approximate surface area is 103 Å². The van der Waals surface area contributed by atoms with Crippen molar-refractivity contribution in [2.24, 2.45) is 5.73 Å². The molecule has 1 aromatic heterocycles. The van der Waals surface area contributed by atoms with Crippen LogP contribution >= 0.6 is 0 Å². The van der Waals surface area contributed by atoms with Crippen LogP contribution in [0.3, 0.4) is 0 Å². The average Bonchev–Trinajstić information content (AvgIpc) is 2.76. The molecule has 0 saturated heterocycles. The molecule has 0 spiro atoms. The first-order valence-corrected chi connectivity index (χ1v) is 6.70. The Morgan fingerprint density at radius 1 is 1.35 bits per heavy atom. The summed E-state index contributed by atoms with van der Waals surface area (Å²) in [5, 5.41) is 0. The van der Waals surface area contributed by atoms with Crippen molar-refractivity contribution in [2.45, 2.75) is 57.1 Å². The Morgan fingerprint density at radius 2 is 2.06 bits per heavy atom. The quantitative estimate of drug-likeness (QED) is 0.816. The van der Waals surface area contributed by atoms with Gasteiger partial charge in [0.15, 0.2) is 0 Å². The molecule has 0 aliphatic heterocycles. The van der Waals surface area contributed by atoms with Crippen LogP contribution in [0.15, 0.2) is 23.0 Å². The van der Waals surface area contributed by atoms with E-state index in [1.807, 2.05) is 6.07 Å². The Hall–Kier alpha value is -0.800. The van der Waals surface area contributed by atoms with Gasteiger partial charge in [0.2, 0.25) is 0 Å². The molecule has 2 N–H and O–H groups in total. The van der Waals surface area contributed by atoms with Gasteiger partial charge in [-0.25, -0.2) is 0 Å². The summed E-state index contributed by atoms with van der Waals surface area (Å²) in [6, 6.07) is 1.88. The van der Waals surface area contributed by atoms with Crippen LogP contribution in [-0.4, -0.2) is 12.2 Å². The van der Waals surface area contributed by atoms with Gasteiger partial charge in [0.25, 0.3) is 0 Å². The van der Waals surface area contributed by atoms with Crippen LogP contribution in [0.4, 0.5) is 0 Å². The molecule has 96 valence electrons. The summed E-state index contributed by atoms with van der Waals surface area (Å²) < 4.78 is 11.2. The van der Waals surface area contributed by atoms with Gasteiger partial charge in [-0.15, -0.1) is 0 Å². The van der Waals surface area contributed by atoms with Crippen molar-refractivity contribution < 1.29 is 9.15 Å². The zero-order valence-electron chi connectivity index (χ0n) is 10.7. The summed E-state index contributed by atoms with van der Waals surface area (Å²) in [5.41, 5.74) is 7.29. The van der Waals surface area contributed by atoms with Crippen LogP contribution in [-0.2, 0) is 4.74 Å². The highest BCUT2D eigenvalue weighted by Crippen LogP contribution is 2.39. The maximum atomic E-state index is 6.42. The van der Waals surface area contributed by atoms with Crippen LogP contribution in [0.25, 0.3) is 0 Å². The third-order valence-electron chi connectivity index (χ3n) is 3.85. The Bertz CT molecular complexity index is 313. The topological polar surface area (TPSA) is 48.4 Å². The fourth-order valence-corrected chi connectivity index (χ4v) is 2.92. The van der Waals surface area contributed by atoms with Gasteiger partial charge in [0, 0.05) is 12.2 Å². The molecule has 0 amide bonds. The van der Waals surface area contributed by atoms with Crippen molar-refractivity contribution in [3.63, 3.8) is 0 Å². The SMILES string of the molecule is CCOC1(C(N)c2ccoc2)CCCCCC1. The molecule has 0 radical (unpaired) electrons. The first-order valence-electron chi connectivity index (χ1n) is 6.70. The lowest BCUT2D eigenvalue weighted by atomic mass is 9.83. The van der Waals surface area contributed by atoms with Gasteiger partial charge in [-0.2, -0.15) is 0 Å². The molecule has 0 bridgehead atoms. The summed E-state index contributed by atoms with van der Waals surface area (Å²) in [6.45, 7) is 2.78. The van der Waals surface area contributed by atoms with E-state index in [4.69, 9.17) is 14.9 Å². The predicted octanol–water partition coefficient (Wildman–Crippen LogP) is 3.41. The molecule has 1 aliphatic rings. The molecule has 17 heavy (non-hydrogen) atoms. The van der Waals surface area contributed by atoms with E-state index in [1.54, 1.807) is 12.5 Å². The van der Waals surface area contributed by atoms with Crippen LogP contribution in [0.2, 0.25) is 0 Å². The third kappa shape index (κ3) is 2.72. The summed E-state index contributed by atoms with van der Waals surface area (Å²) >= 11 is 0. The highest BCUT2D eigenvalue weighted by Gasteiger charge is 2.38. The number of hydrogen-bond acceptors (Lipinski definition) is 3. The largest absolute Gasteiger partial charge is 0.472 e. The minimum atomic E-state index is -0.185. The standard InChI is InChI=1S/C14H23NO2/c1-2-17-14(8-5-3-4-6-9-14)13(15)12-7-10-16-11-12/h7,10-11,13H,2-6,8-9,15H2,1H3. The van der Waals surface area contributed by atoms with E-state index < -0.39 is 0 Å². The van der Waals surface area contributed by atoms with Crippen LogP contribution in [0, 0.1) is 0 Å². The number of furan rings is 1. The Kier molecular flexibility index (Phi) is 4.24. The summed E-state index contributed by atoms with van der Waals surface area (Å²) in [6.07, 6.45) is 10.6. The zero-order valence-corrected chi connectivity index (χ0v) is 10.7. The molecule has 1 aromatic rings. The third-order valence-corrected chi connectivity index (χ3v) is 3.85. The highest BCUT2D eigenvalue weighted by atomic mass is 16.5. The van der Waals surface area contributed by atoms with Crippen LogP contribution in [0.1, 0.15) is 57.1 Å². The molecule has 3 nitrogen and oxygen atoms in total. The predicted molar refractivity (Wildman–Crippen MR) is 67.7 cm³/mol. The van der Waals surface area contributed by atoms with Gasteiger partial charge in [-0.1, -0.05) is 25.7 Å². The van der Waals surface area contributed by atoms with Crippen molar-refractivity contribution in [1.29, 1.82) is 0 Å². The maximum Gasteiger partial charge on any atom is 0.0951 e. The lowest BCUT2D eigenvalue weighted by molar-refractivity contribution is -0.0696. The Balaban J connectivity index is 2.19. The molecule has 1 unspecified atom stereocenters. The number of hydrogen-bond donors (Lipinski definition) is 1. The van der Waals surface area contributed by atoms with Crippen molar-refractivity contribution in [3.05, 3.63) is 24.2 Å². The lowest BCUT2D eigenvalue weighted by Crippen LogP contribution is -2.43. The second kappa shape index (κ2) is 5.69. The maximum absolute atomic E-state index is 6.42. The van der Waals surface area contributed by atoms with E-state index in [0.29, 0.717) is 0 Å². The average molecular weight is 237 g/mol. The molecule has 2 rings (SSSR count). The van der Waals surface area contributed by atoms with Crippen LogP contribution < -0.4 is 5.73 Å². The molecule has 3 heteroatoms. The smallest absolute Gasteiger partial charge is 0.0951 e. The molecule has 0 aromatic carbocycles. The lowest BCUT2D eigenvalue weighted by Gasteiger charge is -2.37. The highest BCUT2D eigenvalue weighted by molar-refractivity contribution is 5.16. The van der Waals surface area contributed by atoms with Gasteiger partial charge < -0.3 is 14.9 Å². The molecular formula is C14H23NO2. The monoisotopic (exact) mass is 237 g/mol. The van der Waals surface area contributed by atoms with Crippen molar-refractivity contribution in [3.8, 4) is 0 Å². The molecular weight excluding hydrogens is 214 g/mol. The zero-order chi connectivity index (χ0) is 12.1. The van der Waals surface area contributed by atoms with Gasteiger partial charge in [0.1, 0.15) is 0 Å². The molecule has 1 fully saturated rings. The molecule has 1 saturated carbocycles. The van der Waals surface area contributed by atoms with E-state index >= 15 is 0 Å². The summed E-state index contributed by atoms with van der Waals surface area (Å²) in [5.74, 6) is 0. The summed E-state index contributed by atoms with van der Waals surface area (Å²) in [7, 11) is 0. The van der Waals surface area contributed by atoms with E-state index in [2.05, 4.69) is 6.92 Å². The van der Waals surface area contributed by atoms with E-state index in [9.17, 15) is 0 Å². The van der Waals surface area contributed by atoms with E-state index in [1.165, 1.54) is 25.7 Å². The number of ether oxygens (including phenoxy) is 1. The number of rotatable bonds is 4. The second-order valence-corrected chi connectivity index (χ2v) is 4.95. The van der Waals surface area contributed by atoms with Gasteiger partial charge in [-0.05, 0) is 25.8 Å². The minimum Gasteiger partial charge on any atom is -0.472 e. The van der Waals surface area contributed by atoms with Gasteiger partial charge in [0.05, 0.1) is 24.2 Å². The number of nitrogens with two attached hydrogens (primary N) is 1. The Morgan fingerprint density at radius 3 is 2.59 bits per heavy atom. The van der Waals surface area contributed by atoms with Crippen molar-refractivity contribution >= 4 is 0 Å². The fourth-order valence-electron chi connectivity index (χ4n) is 2.92. The normalized spacial score (nSPS) is 22.0. The van der Waals surface area contributed by atoms with Crippen molar-refractivity contribution in [2.75, 3.05) is 6.61 Å². The van der Waals surface area contributed by atoms with Crippen molar-refractivity contribution in [1.82, 2.24) is 0 Å². The first kappa shape index (κ1) is 12.7. The van der Waals surface area contributed by atoms with Gasteiger partial charge in [-0.3, -0.25) is 0 Å². The second-order valence-electron chi connectivity index (χ2n) is 4.95. The molecule has 1 aliphatic carbocycles. The summed E-state index contributed by atoms with van der Waals surface area (Å²) in [4.78, 5) is 0. The fraction of sp³-hybridized carbons (Fsp3) is 0.714. The van der Waals surface area contributed by atoms with E-state index in [0.717, 1.165) is 25.0 Å². The van der Waals surface area contributed by atoms with E-state index in [-0.39, 0.29) is 11.6 Å². The first-order chi connectivity index (χ1) is 8.28. The van der Waals surface area contributed by atoms with Crippen LogP contribution in [0.5, 0.6) is 0 Å². The molecule has 1 heterocycles. The van der Waals surface area contributed by atoms with Gasteiger partial charge >= 0.3 is 0 Å². The minimum absolute atomic E-state index is 0.0701. The molecule has 1 atom stereocenters.